The quantitative estimate of drug-likeness (QED) is 0.602. The summed E-state index contributed by atoms with van der Waals surface area (Å²) in [6.45, 7) is 0.750. The first-order valence-electron chi connectivity index (χ1n) is 3.16. The van der Waals surface area contributed by atoms with Gasteiger partial charge >= 0.3 is 0 Å². The maximum absolute atomic E-state index is 11.1. The summed E-state index contributed by atoms with van der Waals surface area (Å²) in [5, 5.41) is -0.471. The topological polar surface area (TPSA) is 69.4 Å². The van der Waals surface area contributed by atoms with Crippen LogP contribution in [0, 0.1) is 0 Å². The van der Waals surface area contributed by atoms with E-state index in [1.165, 1.54) is 0 Å². The fourth-order valence-corrected chi connectivity index (χ4v) is 2.16. The molecule has 0 amide bonds. The third-order valence-corrected chi connectivity index (χ3v) is 3.67. The second-order valence-electron chi connectivity index (χ2n) is 2.30. The molecule has 0 aliphatic carbocycles. The molecule has 0 aromatic rings. The largest absolute Gasteiger partial charge is 0.379 e. The second kappa shape index (κ2) is 4.25. The predicted molar refractivity (Wildman–Crippen MR) is 44.7 cm³/mol. The molecule has 1 rings (SSSR count). The van der Waals surface area contributed by atoms with Crippen molar-refractivity contribution in [1.82, 2.24) is 0 Å². The van der Waals surface area contributed by atoms with Gasteiger partial charge in [0.25, 0.3) is 0 Å². The summed E-state index contributed by atoms with van der Waals surface area (Å²) in [4.78, 5) is 0. The van der Waals surface area contributed by atoms with Crippen molar-refractivity contribution in [3.05, 3.63) is 0 Å². The van der Waals surface area contributed by atoms with Gasteiger partial charge in [0.05, 0.1) is 24.2 Å². The van der Waals surface area contributed by atoms with Crippen LogP contribution in [0.4, 0.5) is 0 Å². The molecule has 68 valence electrons. The minimum atomic E-state index is -2.92. The van der Waals surface area contributed by atoms with Gasteiger partial charge < -0.3 is 10.5 Å². The van der Waals surface area contributed by atoms with Gasteiger partial charge in [0.2, 0.25) is 0 Å². The molecule has 6 heteroatoms. The lowest BCUT2D eigenvalue weighted by molar-refractivity contribution is 0.139. The van der Waals surface area contributed by atoms with Gasteiger partial charge in [-0.15, -0.1) is 12.4 Å². The monoisotopic (exact) mass is 201 g/mol. The normalized spacial score (nSPS) is 29.0. The molecule has 4 nitrogen and oxygen atoms in total. The van der Waals surface area contributed by atoms with Crippen molar-refractivity contribution in [2.24, 2.45) is 5.73 Å². The molecule has 2 N–H and O–H groups in total. The fraction of sp³-hybridized carbons (Fsp3) is 1.00. The summed E-state index contributed by atoms with van der Waals surface area (Å²) in [6, 6.07) is 0. The molecule has 0 bridgehead atoms. The molecule has 1 fully saturated rings. The minimum Gasteiger partial charge on any atom is -0.379 e. The van der Waals surface area contributed by atoms with Crippen molar-refractivity contribution in [2.75, 3.05) is 25.5 Å². The Balaban J connectivity index is 0.000001000. The van der Waals surface area contributed by atoms with Crippen LogP contribution in [0.25, 0.3) is 0 Å². The van der Waals surface area contributed by atoms with E-state index in [0.29, 0.717) is 6.61 Å². The van der Waals surface area contributed by atoms with Crippen LogP contribution in [0.2, 0.25) is 0 Å². The zero-order chi connectivity index (χ0) is 7.61. The van der Waals surface area contributed by atoms with Crippen molar-refractivity contribution in [1.29, 1.82) is 0 Å². The van der Waals surface area contributed by atoms with Crippen molar-refractivity contribution < 1.29 is 13.2 Å². The fourth-order valence-electron chi connectivity index (χ4n) is 0.875. The van der Waals surface area contributed by atoms with Gasteiger partial charge in [-0.2, -0.15) is 0 Å². The van der Waals surface area contributed by atoms with E-state index in [4.69, 9.17) is 10.5 Å². The van der Waals surface area contributed by atoms with E-state index in [2.05, 4.69) is 0 Å². The number of ether oxygens (including phenoxy) is 1. The first kappa shape index (κ1) is 11.2. The minimum absolute atomic E-state index is 0. The number of nitrogens with two attached hydrogens (primary N) is 1. The van der Waals surface area contributed by atoms with Crippen LogP contribution in [0.3, 0.4) is 0 Å². The first-order chi connectivity index (χ1) is 4.67. The maximum atomic E-state index is 11.1. The molecule has 1 atom stereocenters. The highest BCUT2D eigenvalue weighted by Gasteiger charge is 2.27. The van der Waals surface area contributed by atoms with Crippen molar-refractivity contribution in [3.8, 4) is 0 Å². The SMILES string of the molecule is Cl.NCC1COCCS1(=O)=O. The van der Waals surface area contributed by atoms with Gasteiger partial charge in [-0.3, -0.25) is 0 Å². The van der Waals surface area contributed by atoms with Crippen LogP contribution in [-0.4, -0.2) is 39.2 Å². The highest BCUT2D eigenvalue weighted by Crippen LogP contribution is 2.07. The molecule has 1 saturated heterocycles. The van der Waals surface area contributed by atoms with Crippen LogP contribution in [0.5, 0.6) is 0 Å². The van der Waals surface area contributed by atoms with Crippen molar-refractivity contribution in [2.45, 2.75) is 5.25 Å². The highest BCUT2D eigenvalue weighted by atomic mass is 35.5. The molecule has 0 spiro atoms. The lowest BCUT2D eigenvalue weighted by atomic mass is 10.4. The molecule has 11 heavy (non-hydrogen) atoms. The van der Waals surface area contributed by atoms with Gasteiger partial charge in [-0.05, 0) is 0 Å². The van der Waals surface area contributed by atoms with Gasteiger partial charge in [0.1, 0.15) is 0 Å². The van der Waals surface area contributed by atoms with E-state index < -0.39 is 15.1 Å². The molecular weight excluding hydrogens is 190 g/mol. The third kappa shape index (κ3) is 2.59. The Bertz CT molecular complexity index is 204. The van der Waals surface area contributed by atoms with Crippen LogP contribution in [0.15, 0.2) is 0 Å². The van der Waals surface area contributed by atoms with Crippen LogP contribution < -0.4 is 5.73 Å². The maximum Gasteiger partial charge on any atom is 0.158 e. The molecule has 0 radical (unpaired) electrons. The number of hydrogen-bond acceptors (Lipinski definition) is 4. The average Bonchev–Trinajstić information content (AvgIpc) is 1.87. The van der Waals surface area contributed by atoms with E-state index in [0.717, 1.165) is 0 Å². The lowest BCUT2D eigenvalue weighted by Gasteiger charge is -2.20. The Kier molecular flexibility index (Phi) is 4.31. The molecular formula is C5H12ClNO3S. The van der Waals surface area contributed by atoms with Crippen molar-refractivity contribution in [3.63, 3.8) is 0 Å². The molecule has 1 aliphatic heterocycles. The smallest absolute Gasteiger partial charge is 0.158 e. The second-order valence-corrected chi connectivity index (χ2v) is 4.70. The zero-order valence-electron chi connectivity index (χ0n) is 6.02. The predicted octanol–water partition coefficient (Wildman–Crippen LogP) is -0.819. The summed E-state index contributed by atoms with van der Waals surface area (Å²) >= 11 is 0. The van der Waals surface area contributed by atoms with Gasteiger partial charge in [-0.25, -0.2) is 8.42 Å². The lowest BCUT2D eigenvalue weighted by Crippen LogP contribution is -2.40. The summed E-state index contributed by atoms with van der Waals surface area (Å²) in [5.41, 5.74) is 5.22. The van der Waals surface area contributed by atoms with E-state index >= 15 is 0 Å². The Morgan fingerprint density at radius 1 is 1.55 bits per heavy atom. The highest BCUT2D eigenvalue weighted by molar-refractivity contribution is 7.92. The standard InChI is InChI=1S/C5H11NO3S.ClH/c6-3-5-4-9-1-2-10(5,7)8;/h5H,1-4,6H2;1H. The van der Waals surface area contributed by atoms with Crippen molar-refractivity contribution >= 4 is 22.2 Å². The summed E-state index contributed by atoms with van der Waals surface area (Å²) in [6.07, 6.45) is 0. The Morgan fingerprint density at radius 2 is 2.18 bits per heavy atom. The summed E-state index contributed by atoms with van der Waals surface area (Å²) < 4.78 is 27.1. The third-order valence-electron chi connectivity index (χ3n) is 1.59. The van der Waals surface area contributed by atoms with E-state index in [-0.39, 0.29) is 31.3 Å². The van der Waals surface area contributed by atoms with Gasteiger partial charge in [-0.1, -0.05) is 0 Å². The number of hydrogen-bond donors (Lipinski definition) is 1. The number of halogens is 1. The molecule has 1 heterocycles. The molecule has 0 saturated carbocycles. The van der Waals surface area contributed by atoms with E-state index in [1.54, 1.807) is 0 Å². The zero-order valence-corrected chi connectivity index (χ0v) is 7.66. The van der Waals surface area contributed by atoms with Gasteiger partial charge in [0, 0.05) is 6.54 Å². The van der Waals surface area contributed by atoms with Crippen LogP contribution >= 0.6 is 12.4 Å². The summed E-state index contributed by atoms with van der Waals surface area (Å²) in [5.74, 6) is 0.120. The molecule has 0 aromatic heterocycles. The van der Waals surface area contributed by atoms with Gasteiger partial charge in [0.15, 0.2) is 9.84 Å². The van der Waals surface area contributed by atoms with E-state index in [9.17, 15) is 8.42 Å². The first-order valence-corrected chi connectivity index (χ1v) is 4.88. The Hall–Kier alpha value is 0.160. The molecule has 1 aliphatic rings. The van der Waals surface area contributed by atoms with Crippen LogP contribution in [-0.2, 0) is 14.6 Å². The molecule has 1 unspecified atom stereocenters. The Labute approximate surface area is 72.4 Å². The Morgan fingerprint density at radius 3 is 2.55 bits per heavy atom. The summed E-state index contributed by atoms with van der Waals surface area (Å²) in [7, 11) is -2.92. The van der Waals surface area contributed by atoms with E-state index in [1.807, 2.05) is 0 Å². The van der Waals surface area contributed by atoms with Crippen LogP contribution in [0.1, 0.15) is 0 Å². The number of rotatable bonds is 1. The average molecular weight is 202 g/mol. The number of sulfone groups is 1. The molecule has 0 aromatic carbocycles.